The number of nitrogens with one attached hydrogen (secondary N) is 1. The monoisotopic (exact) mass is 270 g/mol. The van der Waals surface area contributed by atoms with Crippen molar-refractivity contribution < 1.29 is 5.11 Å². The van der Waals surface area contributed by atoms with Gasteiger partial charge in [-0.2, -0.15) is 0 Å². The summed E-state index contributed by atoms with van der Waals surface area (Å²) in [6, 6.07) is 9.54. The molecule has 20 heavy (non-hydrogen) atoms. The highest BCUT2D eigenvalue weighted by Gasteiger charge is 2.20. The van der Waals surface area contributed by atoms with E-state index in [9.17, 15) is 5.11 Å². The van der Waals surface area contributed by atoms with Gasteiger partial charge in [0.15, 0.2) is 0 Å². The number of aromatic nitrogens is 1. The summed E-state index contributed by atoms with van der Waals surface area (Å²) >= 11 is 0. The number of hydrogen-bond acceptors (Lipinski definition) is 4. The van der Waals surface area contributed by atoms with E-state index in [1.807, 2.05) is 30.3 Å². The number of anilines is 1. The van der Waals surface area contributed by atoms with Crippen molar-refractivity contribution in [1.82, 2.24) is 4.98 Å². The first kappa shape index (κ1) is 12.9. The van der Waals surface area contributed by atoms with Gasteiger partial charge in [0.1, 0.15) is 11.7 Å². The Morgan fingerprint density at radius 2 is 2.20 bits per heavy atom. The van der Waals surface area contributed by atoms with E-state index in [2.05, 4.69) is 9.88 Å². The molecule has 5 nitrogen and oxygen atoms in total. The van der Waals surface area contributed by atoms with Crippen LogP contribution < -0.4 is 10.6 Å². The first-order chi connectivity index (χ1) is 9.65. The fourth-order valence-electron chi connectivity index (χ4n) is 2.71. The number of β-amino-alcohol motifs (C(OH)–C–C–N with tert-alkyl or cyclic N) is 1. The largest absolute Gasteiger partial charge is 0.391 e. The lowest BCUT2D eigenvalue weighted by Crippen LogP contribution is -2.38. The van der Waals surface area contributed by atoms with E-state index in [1.54, 1.807) is 0 Å². The highest BCUT2D eigenvalue weighted by Crippen LogP contribution is 2.24. The summed E-state index contributed by atoms with van der Waals surface area (Å²) in [6.07, 6.45) is 1.48. The Balaban J connectivity index is 2.09. The maximum atomic E-state index is 9.80. The van der Waals surface area contributed by atoms with Gasteiger partial charge in [0.25, 0.3) is 0 Å². The number of nitrogen functional groups attached to an aromatic ring is 1. The van der Waals surface area contributed by atoms with Crippen LogP contribution in [0.2, 0.25) is 0 Å². The van der Waals surface area contributed by atoms with Gasteiger partial charge in [0.05, 0.1) is 11.6 Å². The lowest BCUT2D eigenvalue weighted by molar-refractivity contribution is 0.154. The molecule has 5 heteroatoms. The van der Waals surface area contributed by atoms with Crippen LogP contribution in [0.1, 0.15) is 18.4 Å². The van der Waals surface area contributed by atoms with Gasteiger partial charge in [-0.25, -0.2) is 4.98 Å². The average Bonchev–Trinajstić information content (AvgIpc) is 2.46. The van der Waals surface area contributed by atoms with E-state index >= 15 is 0 Å². The van der Waals surface area contributed by atoms with Gasteiger partial charge in [0, 0.05) is 24.0 Å². The number of amidine groups is 1. The highest BCUT2D eigenvalue weighted by atomic mass is 16.3. The van der Waals surface area contributed by atoms with Crippen LogP contribution in [0, 0.1) is 5.41 Å². The molecule has 1 fully saturated rings. The Morgan fingerprint density at radius 1 is 1.40 bits per heavy atom. The van der Waals surface area contributed by atoms with Gasteiger partial charge in [-0.1, -0.05) is 18.2 Å². The van der Waals surface area contributed by atoms with E-state index in [1.165, 1.54) is 0 Å². The summed E-state index contributed by atoms with van der Waals surface area (Å²) in [5.41, 5.74) is 7.22. The van der Waals surface area contributed by atoms with Crippen LogP contribution in [0.5, 0.6) is 0 Å². The standard InChI is InChI=1S/C15H18N4O/c16-15(17)12-8-14(19-7-3-4-10(20)9-19)18-13-6-2-1-5-11(12)13/h1-2,5-6,8,10,20H,3-4,7,9H2,(H3,16,17). The topological polar surface area (TPSA) is 86.2 Å². The Morgan fingerprint density at radius 3 is 2.95 bits per heavy atom. The minimum atomic E-state index is -0.308. The quantitative estimate of drug-likeness (QED) is 0.570. The number of pyridine rings is 1. The van der Waals surface area contributed by atoms with Gasteiger partial charge in [-0.3, -0.25) is 5.41 Å². The van der Waals surface area contributed by atoms with Crippen molar-refractivity contribution in [3.8, 4) is 0 Å². The second-order valence-corrected chi connectivity index (χ2v) is 5.20. The maximum Gasteiger partial charge on any atom is 0.130 e. The molecule has 104 valence electrons. The second kappa shape index (κ2) is 5.09. The lowest BCUT2D eigenvalue weighted by atomic mass is 10.1. The number of aliphatic hydroxyl groups excluding tert-OH is 1. The number of para-hydroxylation sites is 1. The summed E-state index contributed by atoms with van der Waals surface area (Å²) in [5, 5.41) is 18.4. The molecular weight excluding hydrogens is 252 g/mol. The predicted octanol–water partition coefficient (Wildman–Crippen LogP) is 1.48. The number of aliphatic hydroxyl groups is 1. The maximum absolute atomic E-state index is 9.80. The Labute approximate surface area is 117 Å². The zero-order valence-corrected chi connectivity index (χ0v) is 11.2. The fraction of sp³-hybridized carbons (Fsp3) is 0.333. The average molecular weight is 270 g/mol. The number of hydrogen-bond donors (Lipinski definition) is 3. The molecule has 3 rings (SSSR count). The third-order valence-corrected chi connectivity index (χ3v) is 3.71. The molecule has 1 saturated heterocycles. The highest BCUT2D eigenvalue weighted by molar-refractivity contribution is 6.07. The molecular formula is C15H18N4O. The Bertz CT molecular complexity index is 655. The summed E-state index contributed by atoms with van der Waals surface area (Å²) in [4.78, 5) is 6.70. The third-order valence-electron chi connectivity index (χ3n) is 3.71. The van der Waals surface area contributed by atoms with E-state index < -0.39 is 0 Å². The molecule has 0 saturated carbocycles. The number of fused-ring (bicyclic) bond motifs is 1. The van der Waals surface area contributed by atoms with Gasteiger partial charge in [-0.05, 0) is 25.0 Å². The van der Waals surface area contributed by atoms with E-state index in [-0.39, 0.29) is 11.9 Å². The van der Waals surface area contributed by atoms with E-state index in [4.69, 9.17) is 11.1 Å². The predicted molar refractivity (Wildman–Crippen MR) is 80.2 cm³/mol. The number of nitrogens with two attached hydrogens (primary N) is 1. The molecule has 0 aliphatic carbocycles. The lowest BCUT2D eigenvalue weighted by Gasteiger charge is -2.31. The smallest absolute Gasteiger partial charge is 0.130 e. The summed E-state index contributed by atoms with van der Waals surface area (Å²) in [7, 11) is 0. The molecule has 1 unspecified atom stereocenters. The molecule has 2 aromatic rings. The van der Waals surface area contributed by atoms with Crippen LogP contribution in [0.4, 0.5) is 5.82 Å². The molecule has 2 heterocycles. The Hall–Kier alpha value is -2.14. The van der Waals surface area contributed by atoms with Crippen LogP contribution in [0.25, 0.3) is 10.9 Å². The summed E-state index contributed by atoms with van der Waals surface area (Å²) in [5.74, 6) is 0.829. The molecule has 4 N–H and O–H groups in total. The molecule has 1 atom stereocenters. The SMILES string of the molecule is N=C(N)c1cc(N2CCCC(O)C2)nc2ccccc12. The van der Waals surface area contributed by atoms with Crippen molar-refractivity contribution in [2.24, 2.45) is 5.73 Å². The zero-order chi connectivity index (χ0) is 14.1. The van der Waals surface area contributed by atoms with Crippen molar-refractivity contribution >= 4 is 22.6 Å². The molecule has 1 aliphatic rings. The second-order valence-electron chi connectivity index (χ2n) is 5.20. The molecule has 0 radical (unpaired) electrons. The molecule has 1 aliphatic heterocycles. The van der Waals surface area contributed by atoms with Crippen LogP contribution in [0.15, 0.2) is 30.3 Å². The first-order valence-corrected chi connectivity index (χ1v) is 6.82. The van der Waals surface area contributed by atoms with E-state index in [0.717, 1.165) is 36.1 Å². The van der Waals surface area contributed by atoms with Crippen LogP contribution in [-0.2, 0) is 0 Å². The number of piperidine rings is 1. The molecule has 1 aromatic heterocycles. The van der Waals surface area contributed by atoms with Crippen LogP contribution in [0.3, 0.4) is 0 Å². The van der Waals surface area contributed by atoms with E-state index in [0.29, 0.717) is 12.1 Å². The van der Waals surface area contributed by atoms with Crippen molar-refractivity contribution in [3.63, 3.8) is 0 Å². The van der Waals surface area contributed by atoms with Gasteiger partial charge in [0.2, 0.25) is 0 Å². The van der Waals surface area contributed by atoms with Gasteiger partial charge >= 0.3 is 0 Å². The van der Waals surface area contributed by atoms with Crippen LogP contribution in [-0.4, -0.2) is 35.1 Å². The first-order valence-electron chi connectivity index (χ1n) is 6.82. The summed E-state index contributed by atoms with van der Waals surface area (Å²) < 4.78 is 0. The van der Waals surface area contributed by atoms with Crippen molar-refractivity contribution in [2.45, 2.75) is 18.9 Å². The molecule has 1 aromatic carbocycles. The van der Waals surface area contributed by atoms with Crippen LogP contribution >= 0.6 is 0 Å². The number of nitrogens with zero attached hydrogens (tertiary/aromatic N) is 2. The molecule has 0 amide bonds. The molecule has 0 bridgehead atoms. The van der Waals surface area contributed by atoms with Gasteiger partial charge in [-0.15, -0.1) is 0 Å². The third kappa shape index (κ3) is 2.32. The minimum Gasteiger partial charge on any atom is -0.391 e. The zero-order valence-electron chi connectivity index (χ0n) is 11.2. The number of benzene rings is 1. The minimum absolute atomic E-state index is 0.0439. The van der Waals surface area contributed by atoms with Crippen molar-refractivity contribution in [2.75, 3.05) is 18.0 Å². The molecule has 0 spiro atoms. The van der Waals surface area contributed by atoms with Gasteiger partial charge < -0.3 is 15.7 Å². The number of rotatable bonds is 2. The normalized spacial score (nSPS) is 19.2. The summed E-state index contributed by atoms with van der Waals surface area (Å²) in [6.45, 7) is 1.46. The Kier molecular flexibility index (Phi) is 3.28. The van der Waals surface area contributed by atoms with Crippen molar-refractivity contribution in [3.05, 3.63) is 35.9 Å². The fourth-order valence-corrected chi connectivity index (χ4v) is 2.71. The van der Waals surface area contributed by atoms with Crippen molar-refractivity contribution in [1.29, 1.82) is 5.41 Å².